The minimum Gasteiger partial charge on any atom is -0.310 e. The number of anilines is 3. The molecule has 0 aliphatic rings. The molecule has 320 valence electrons. The number of thiophene rings is 4. The molecule has 0 saturated heterocycles. The molecular formula is C64H35NS4. The van der Waals surface area contributed by atoms with E-state index in [1.54, 1.807) is 0 Å². The molecule has 12 aromatic carbocycles. The van der Waals surface area contributed by atoms with Crippen LogP contribution in [0.15, 0.2) is 212 Å². The normalized spacial score (nSPS) is 12.3. The summed E-state index contributed by atoms with van der Waals surface area (Å²) >= 11 is 7.64. The highest BCUT2D eigenvalue weighted by Gasteiger charge is 2.19. The van der Waals surface area contributed by atoms with E-state index in [0.29, 0.717) is 0 Å². The monoisotopic (exact) mass is 945 g/mol. The number of rotatable bonds is 4. The van der Waals surface area contributed by atoms with Crippen molar-refractivity contribution in [3.63, 3.8) is 0 Å². The lowest BCUT2D eigenvalue weighted by atomic mass is 10.0. The Bertz CT molecular complexity index is 4570. The van der Waals surface area contributed by atoms with Crippen LogP contribution < -0.4 is 4.90 Å². The van der Waals surface area contributed by atoms with Gasteiger partial charge in [0, 0.05) is 97.8 Å². The van der Waals surface area contributed by atoms with Gasteiger partial charge in [-0.3, -0.25) is 0 Å². The Labute approximate surface area is 411 Å². The second kappa shape index (κ2) is 14.4. The zero-order valence-corrected chi connectivity index (χ0v) is 40.1. The molecule has 0 N–H and O–H groups in total. The van der Waals surface area contributed by atoms with Crippen molar-refractivity contribution in [3.8, 4) is 11.1 Å². The first-order valence-electron chi connectivity index (χ1n) is 23.3. The van der Waals surface area contributed by atoms with Crippen LogP contribution in [0.25, 0.3) is 135 Å². The fraction of sp³-hybridized carbons (Fsp3) is 0. The third-order valence-electron chi connectivity index (χ3n) is 14.5. The largest absolute Gasteiger partial charge is 0.310 e. The van der Waals surface area contributed by atoms with Crippen molar-refractivity contribution in [3.05, 3.63) is 212 Å². The highest BCUT2D eigenvalue weighted by molar-refractivity contribution is 7.28. The quantitative estimate of drug-likeness (QED) is 0.170. The minimum absolute atomic E-state index is 1.12. The van der Waals surface area contributed by atoms with Gasteiger partial charge in [0.1, 0.15) is 0 Å². The molecule has 0 fully saturated rings. The van der Waals surface area contributed by atoms with E-state index in [4.69, 9.17) is 0 Å². The van der Waals surface area contributed by atoms with Gasteiger partial charge >= 0.3 is 0 Å². The molecule has 16 rings (SSSR count). The lowest BCUT2D eigenvalue weighted by Gasteiger charge is -2.26. The Morgan fingerprint density at radius 3 is 0.899 bits per heavy atom. The standard InChI is InChI=1S/C64H35NS4/c1-2-8-36(9-3-1)37-14-18-46(19-15-37)65(47-20-16-42-26-51-55-34-61-53(32-63(55)68-59(51)30-44(42)22-47)49-24-38-10-4-6-12-40(38)28-57(49)66-61)48-21-17-43-27-52-56-35-62-54(33-64(56)69-60(52)31-45(43)23-48)50-25-39-11-5-7-13-41(39)29-58(50)67-62/h1-35H. The predicted molar refractivity (Wildman–Crippen MR) is 308 cm³/mol. The van der Waals surface area contributed by atoms with Crippen LogP contribution in [0.5, 0.6) is 0 Å². The van der Waals surface area contributed by atoms with Gasteiger partial charge in [0.05, 0.1) is 0 Å². The average Bonchev–Trinajstić information content (AvgIpc) is 4.13. The van der Waals surface area contributed by atoms with E-state index in [1.807, 2.05) is 45.3 Å². The molecule has 0 atom stereocenters. The fourth-order valence-electron chi connectivity index (χ4n) is 11.1. The van der Waals surface area contributed by atoms with Gasteiger partial charge in [-0.15, -0.1) is 45.3 Å². The van der Waals surface area contributed by atoms with Crippen LogP contribution in [0.2, 0.25) is 0 Å². The van der Waals surface area contributed by atoms with Gasteiger partial charge in [0.2, 0.25) is 0 Å². The van der Waals surface area contributed by atoms with Crippen LogP contribution in [0, 0.1) is 0 Å². The first-order valence-corrected chi connectivity index (χ1v) is 26.6. The van der Waals surface area contributed by atoms with E-state index in [0.717, 1.165) is 17.1 Å². The van der Waals surface area contributed by atoms with Crippen LogP contribution in [0.3, 0.4) is 0 Å². The van der Waals surface area contributed by atoms with E-state index >= 15 is 0 Å². The Morgan fingerprint density at radius 1 is 0.203 bits per heavy atom. The molecule has 1 nitrogen and oxygen atoms in total. The number of fused-ring (bicyclic) bond motifs is 16. The van der Waals surface area contributed by atoms with E-state index in [2.05, 4.69) is 217 Å². The highest BCUT2D eigenvalue weighted by Crippen LogP contribution is 2.47. The summed E-state index contributed by atoms with van der Waals surface area (Å²) < 4.78 is 10.7. The Kier molecular flexibility index (Phi) is 8.02. The molecule has 5 heteroatoms. The topological polar surface area (TPSA) is 3.24 Å². The third-order valence-corrected chi connectivity index (χ3v) is 19.0. The molecule has 0 aliphatic heterocycles. The Hall–Kier alpha value is -7.64. The second-order valence-corrected chi connectivity index (χ2v) is 22.8. The van der Waals surface area contributed by atoms with E-state index in [1.165, 1.54) is 135 Å². The summed E-state index contributed by atoms with van der Waals surface area (Å²) in [6, 6.07) is 80.1. The van der Waals surface area contributed by atoms with Crippen molar-refractivity contribution in [1.82, 2.24) is 0 Å². The van der Waals surface area contributed by atoms with Crippen LogP contribution >= 0.6 is 45.3 Å². The van der Waals surface area contributed by atoms with Crippen molar-refractivity contribution in [2.24, 2.45) is 0 Å². The van der Waals surface area contributed by atoms with Crippen molar-refractivity contribution >= 4 is 186 Å². The molecule has 0 bridgehead atoms. The van der Waals surface area contributed by atoms with Crippen molar-refractivity contribution in [1.29, 1.82) is 0 Å². The second-order valence-electron chi connectivity index (χ2n) is 18.5. The number of hydrogen-bond acceptors (Lipinski definition) is 5. The summed E-state index contributed by atoms with van der Waals surface area (Å²) in [4.78, 5) is 2.43. The summed E-state index contributed by atoms with van der Waals surface area (Å²) in [5, 5.41) is 20.9. The Balaban J connectivity index is 0.828. The van der Waals surface area contributed by atoms with Gasteiger partial charge in [-0.25, -0.2) is 0 Å². The number of hydrogen-bond donors (Lipinski definition) is 0. The van der Waals surface area contributed by atoms with Gasteiger partial charge in [-0.05, 0) is 163 Å². The van der Waals surface area contributed by atoms with E-state index in [9.17, 15) is 0 Å². The van der Waals surface area contributed by atoms with Gasteiger partial charge in [-0.2, -0.15) is 0 Å². The maximum absolute atomic E-state index is 2.44. The molecule has 0 aliphatic carbocycles. The molecule has 16 aromatic rings. The summed E-state index contributed by atoms with van der Waals surface area (Å²) in [6.07, 6.45) is 0. The minimum atomic E-state index is 1.12. The zero-order valence-electron chi connectivity index (χ0n) is 36.8. The zero-order chi connectivity index (χ0) is 44.9. The van der Waals surface area contributed by atoms with Crippen molar-refractivity contribution in [2.45, 2.75) is 0 Å². The first-order chi connectivity index (χ1) is 34.1. The molecular weight excluding hydrogens is 911 g/mol. The van der Waals surface area contributed by atoms with Crippen LogP contribution in [0.1, 0.15) is 0 Å². The highest BCUT2D eigenvalue weighted by atomic mass is 32.1. The summed E-state index contributed by atoms with van der Waals surface area (Å²) in [7, 11) is 0. The van der Waals surface area contributed by atoms with Crippen LogP contribution in [-0.4, -0.2) is 0 Å². The maximum Gasteiger partial charge on any atom is 0.0468 e. The van der Waals surface area contributed by atoms with Crippen LogP contribution in [0.4, 0.5) is 17.1 Å². The molecule has 4 heterocycles. The van der Waals surface area contributed by atoms with Gasteiger partial charge in [-0.1, -0.05) is 103 Å². The molecule has 69 heavy (non-hydrogen) atoms. The number of nitrogens with zero attached hydrogens (tertiary/aromatic N) is 1. The van der Waals surface area contributed by atoms with E-state index < -0.39 is 0 Å². The van der Waals surface area contributed by atoms with E-state index in [-0.39, 0.29) is 0 Å². The molecule has 0 radical (unpaired) electrons. The lowest BCUT2D eigenvalue weighted by Crippen LogP contribution is -2.09. The third kappa shape index (κ3) is 5.92. The van der Waals surface area contributed by atoms with Crippen molar-refractivity contribution in [2.75, 3.05) is 4.90 Å². The lowest BCUT2D eigenvalue weighted by molar-refractivity contribution is 1.29. The summed E-state index contributed by atoms with van der Waals surface area (Å²) in [5.41, 5.74) is 5.82. The first kappa shape index (κ1) is 38.3. The fourth-order valence-corrected chi connectivity index (χ4v) is 15.7. The van der Waals surface area contributed by atoms with Gasteiger partial charge < -0.3 is 4.90 Å². The molecule has 0 unspecified atom stereocenters. The van der Waals surface area contributed by atoms with Crippen molar-refractivity contribution < 1.29 is 0 Å². The summed E-state index contributed by atoms with van der Waals surface area (Å²) in [5.74, 6) is 0. The molecule has 0 saturated carbocycles. The molecule has 0 spiro atoms. The summed E-state index contributed by atoms with van der Waals surface area (Å²) in [6.45, 7) is 0. The SMILES string of the molecule is c1ccc(-c2ccc(N(c3ccc4cc5c(cc4c3)sc3cc4c(cc35)sc3cc5ccccc5cc34)c3ccc4cc5c(cc4c3)sc3cc4c(cc35)sc3cc5ccccc5cc34)cc2)cc1. The molecule has 4 aromatic heterocycles. The smallest absolute Gasteiger partial charge is 0.0468 e. The predicted octanol–water partition coefficient (Wildman–Crippen LogP) is 20.9. The molecule has 0 amide bonds. The number of benzene rings is 12. The average molecular weight is 946 g/mol. The maximum atomic E-state index is 2.44. The van der Waals surface area contributed by atoms with Gasteiger partial charge in [0.15, 0.2) is 0 Å². The van der Waals surface area contributed by atoms with Gasteiger partial charge in [0.25, 0.3) is 0 Å². The Morgan fingerprint density at radius 2 is 0.493 bits per heavy atom. The van der Waals surface area contributed by atoms with Crippen LogP contribution in [-0.2, 0) is 0 Å².